The molecule has 0 saturated carbocycles. The number of hydrogen-bond acceptors (Lipinski definition) is 2. The normalized spacial score (nSPS) is 15.4. The van der Waals surface area contributed by atoms with Crippen molar-refractivity contribution < 1.29 is 14.0 Å². The van der Waals surface area contributed by atoms with Crippen molar-refractivity contribution in [2.45, 2.75) is 12.8 Å². The molecule has 1 heterocycles. The predicted octanol–water partition coefficient (Wildman–Crippen LogP) is 4.61. The number of amides is 1. The Kier molecular flexibility index (Phi) is 5.84. The summed E-state index contributed by atoms with van der Waals surface area (Å²) in [5.74, 6) is -0.494. The number of carbonyl (C=O) groups excluding carboxylic acids is 2. The third-order valence-electron chi connectivity index (χ3n) is 4.60. The summed E-state index contributed by atoms with van der Waals surface area (Å²) in [6, 6.07) is 13.6. The van der Waals surface area contributed by atoms with Crippen molar-refractivity contribution >= 4 is 29.4 Å². The fourth-order valence-electron chi connectivity index (χ4n) is 3.09. The molecule has 0 radical (unpaired) electrons. The molecule has 1 fully saturated rings. The van der Waals surface area contributed by atoms with E-state index >= 15 is 0 Å². The maximum absolute atomic E-state index is 13.2. The molecule has 0 bridgehead atoms. The molecule has 0 aliphatic carbocycles. The van der Waals surface area contributed by atoms with Crippen molar-refractivity contribution in [3.63, 3.8) is 0 Å². The highest BCUT2D eigenvalue weighted by Crippen LogP contribution is 2.22. The van der Waals surface area contributed by atoms with Gasteiger partial charge in [-0.15, -0.1) is 0 Å². The maximum atomic E-state index is 13.2. The van der Waals surface area contributed by atoms with E-state index in [4.69, 9.17) is 11.6 Å². The summed E-state index contributed by atoms with van der Waals surface area (Å²) in [7, 11) is 0. The van der Waals surface area contributed by atoms with Crippen LogP contribution in [0.1, 0.15) is 28.8 Å². The SMILES string of the molecule is O=C(c1ccccc1)C1CCN(C(=O)C=Cc2ccc(F)c(Cl)c2)CC1. The molecule has 1 aliphatic heterocycles. The van der Waals surface area contributed by atoms with Crippen LogP contribution >= 0.6 is 11.6 Å². The zero-order valence-corrected chi connectivity index (χ0v) is 15.0. The van der Waals surface area contributed by atoms with Crippen LogP contribution in [-0.4, -0.2) is 29.7 Å². The van der Waals surface area contributed by atoms with Crippen LogP contribution in [0.15, 0.2) is 54.6 Å². The van der Waals surface area contributed by atoms with Gasteiger partial charge in [0.1, 0.15) is 5.82 Å². The van der Waals surface area contributed by atoms with Crippen LogP contribution in [-0.2, 0) is 4.79 Å². The maximum Gasteiger partial charge on any atom is 0.246 e. The molecular weight excluding hydrogens is 353 g/mol. The van der Waals surface area contributed by atoms with Gasteiger partial charge in [0.25, 0.3) is 0 Å². The number of hydrogen-bond donors (Lipinski definition) is 0. The first-order valence-corrected chi connectivity index (χ1v) is 8.93. The van der Waals surface area contributed by atoms with Gasteiger partial charge in [0, 0.05) is 30.6 Å². The van der Waals surface area contributed by atoms with Crippen molar-refractivity contribution in [3.05, 3.63) is 76.6 Å². The Bertz CT molecular complexity index is 827. The fraction of sp³-hybridized carbons (Fsp3) is 0.238. The van der Waals surface area contributed by atoms with Crippen molar-refractivity contribution in [1.29, 1.82) is 0 Å². The Morgan fingerprint density at radius 2 is 1.77 bits per heavy atom. The molecule has 0 unspecified atom stereocenters. The number of likely N-dealkylation sites (tertiary alicyclic amines) is 1. The van der Waals surface area contributed by atoms with Crippen LogP contribution < -0.4 is 0 Å². The van der Waals surface area contributed by atoms with Gasteiger partial charge >= 0.3 is 0 Å². The molecule has 0 spiro atoms. The van der Waals surface area contributed by atoms with Crippen LogP contribution in [0, 0.1) is 11.7 Å². The Morgan fingerprint density at radius 1 is 1.08 bits per heavy atom. The average Bonchev–Trinajstić information content (AvgIpc) is 2.69. The van der Waals surface area contributed by atoms with Gasteiger partial charge in [-0.05, 0) is 36.6 Å². The lowest BCUT2D eigenvalue weighted by Gasteiger charge is -2.30. The van der Waals surface area contributed by atoms with E-state index in [1.165, 1.54) is 18.2 Å². The Balaban J connectivity index is 1.55. The number of Topliss-reactive ketones (excluding diaryl/α,β-unsaturated/α-hetero) is 1. The molecule has 1 saturated heterocycles. The number of benzene rings is 2. The molecule has 5 heteroatoms. The molecule has 2 aromatic rings. The van der Waals surface area contributed by atoms with E-state index in [9.17, 15) is 14.0 Å². The number of rotatable bonds is 4. The summed E-state index contributed by atoms with van der Waals surface area (Å²) in [5, 5.41) is 0.0276. The van der Waals surface area contributed by atoms with Crippen LogP contribution in [0.3, 0.4) is 0 Å². The number of nitrogens with zero attached hydrogens (tertiary/aromatic N) is 1. The lowest BCUT2D eigenvalue weighted by Crippen LogP contribution is -2.39. The van der Waals surface area contributed by atoms with Crippen molar-refractivity contribution in [2.75, 3.05) is 13.1 Å². The molecule has 0 aromatic heterocycles. The van der Waals surface area contributed by atoms with Crippen LogP contribution in [0.4, 0.5) is 4.39 Å². The molecule has 2 aromatic carbocycles. The first-order chi connectivity index (χ1) is 12.5. The third-order valence-corrected chi connectivity index (χ3v) is 4.89. The summed E-state index contributed by atoms with van der Waals surface area (Å²) in [6.45, 7) is 1.10. The van der Waals surface area contributed by atoms with Crippen LogP contribution in [0.25, 0.3) is 6.08 Å². The molecule has 1 amide bonds. The highest BCUT2D eigenvalue weighted by atomic mass is 35.5. The number of carbonyl (C=O) groups is 2. The van der Waals surface area contributed by atoms with Gasteiger partial charge in [-0.2, -0.15) is 0 Å². The standard InChI is InChI=1S/C21H19ClFNO2/c22-18-14-15(6-8-19(18)23)7-9-20(25)24-12-10-17(11-13-24)21(26)16-4-2-1-3-5-16/h1-9,14,17H,10-13H2. The summed E-state index contributed by atoms with van der Waals surface area (Å²) >= 11 is 5.74. The van der Waals surface area contributed by atoms with Crippen molar-refractivity contribution in [2.24, 2.45) is 5.92 Å². The molecular formula is C21H19ClFNO2. The van der Waals surface area contributed by atoms with Crippen molar-refractivity contribution in [3.8, 4) is 0 Å². The van der Waals surface area contributed by atoms with Gasteiger partial charge in [-0.25, -0.2) is 4.39 Å². The smallest absolute Gasteiger partial charge is 0.246 e. The second-order valence-electron chi connectivity index (χ2n) is 6.34. The molecule has 3 rings (SSSR count). The molecule has 134 valence electrons. The molecule has 26 heavy (non-hydrogen) atoms. The quantitative estimate of drug-likeness (QED) is 0.581. The van der Waals surface area contributed by atoms with Gasteiger partial charge in [0.05, 0.1) is 5.02 Å². The van der Waals surface area contributed by atoms with E-state index in [1.54, 1.807) is 17.0 Å². The van der Waals surface area contributed by atoms with E-state index < -0.39 is 5.82 Å². The summed E-state index contributed by atoms with van der Waals surface area (Å²) in [6.07, 6.45) is 4.41. The minimum atomic E-state index is -0.486. The second-order valence-corrected chi connectivity index (χ2v) is 6.74. The summed E-state index contributed by atoms with van der Waals surface area (Å²) in [5.41, 5.74) is 1.39. The lowest BCUT2D eigenvalue weighted by atomic mass is 9.89. The molecule has 1 aliphatic rings. The first-order valence-electron chi connectivity index (χ1n) is 8.56. The van der Waals surface area contributed by atoms with E-state index in [2.05, 4.69) is 0 Å². The van der Waals surface area contributed by atoms with Crippen LogP contribution in [0.2, 0.25) is 5.02 Å². The largest absolute Gasteiger partial charge is 0.339 e. The van der Waals surface area contributed by atoms with Crippen molar-refractivity contribution in [1.82, 2.24) is 4.90 Å². The minimum absolute atomic E-state index is 0.0276. The third kappa shape index (κ3) is 4.38. The average molecular weight is 372 g/mol. The van der Waals surface area contributed by atoms with Gasteiger partial charge < -0.3 is 4.90 Å². The Labute approximate surface area is 157 Å². The lowest BCUT2D eigenvalue weighted by molar-refractivity contribution is -0.127. The fourth-order valence-corrected chi connectivity index (χ4v) is 3.28. The minimum Gasteiger partial charge on any atom is -0.339 e. The highest BCUT2D eigenvalue weighted by Gasteiger charge is 2.27. The van der Waals surface area contributed by atoms with Gasteiger partial charge in [-0.1, -0.05) is 48.0 Å². The number of piperidine rings is 1. The van der Waals surface area contributed by atoms with E-state index in [1.807, 2.05) is 30.3 Å². The summed E-state index contributed by atoms with van der Waals surface area (Å²) in [4.78, 5) is 26.5. The number of halogens is 2. The van der Waals surface area contributed by atoms with Crippen LogP contribution in [0.5, 0.6) is 0 Å². The van der Waals surface area contributed by atoms with Gasteiger partial charge in [0.15, 0.2) is 5.78 Å². The van der Waals surface area contributed by atoms with E-state index in [0.717, 1.165) is 5.56 Å². The number of ketones is 1. The Morgan fingerprint density at radius 3 is 2.42 bits per heavy atom. The molecule has 0 N–H and O–H groups in total. The van der Waals surface area contributed by atoms with Gasteiger partial charge in [0.2, 0.25) is 5.91 Å². The highest BCUT2D eigenvalue weighted by molar-refractivity contribution is 6.30. The molecule has 0 atom stereocenters. The van der Waals surface area contributed by atoms with Gasteiger partial charge in [-0.3, -0.25) is 9.59 Å². The zero-order valence-electron chi connectivity index (χ0n) is 14.2. The molecule has 3 nitrogen and oxygen atoms in total. The van der Waals surface area contributed by atoms with E-state index in [-0.39, 0.29) is 22.6 Å². The Hall–Kier alpha value is -2.46. The van der Waals surface area contributed by atoms with E-state index in [0.29, 0.717) is 31.5 Å². The first kappa shape index (κ1) is 18.3. The summed E-state index contributed by atoms with van der Waals surface area (Å²) < 4.78 is 13.2. The monoisotopic (exact) mass is 371 g/mol. The topological polar surface area (TPSA) is 37.4 Å². The zero-order chi connectivity index (χ0) is 18.5. The second kappa shape index (κ2) is 8.28. The predicted molar refractivity (Wildman–Crippen MR) is 101 cm³/mol.